The molecule has 9 nitrogen and oxygen atoms in total. The topological polar surface area (TPSA) is 110 Å². The van der Waals surface area contributed by atoms with Gasteiger partial charge >= 0.3 is 0 Å². The molecule has 1 aliphatic rings. The van der Waals surface area contributed by atoms with Crippen LogP contribution in [0.2, 0.25) is 0 Å². The van der Waals surface area contributed by atoms with Gasteiger partial charge < -0.3 is 9.64 Å². The number of rotatable bonds is 5. The number of hydrogen-bond donors (Lipinski definition) is 0. The van der Waals surface area contributed by atoms with Crippen LogP contribution in [0.3, 0.4) is 0 Å². The van der Waals surface area contributed by atoms with Crippen LogP contribution < -0.4 is 4.74 Å². The lowest BCUT2D eigenvalue weighted by molar-refractivity contribution is -0.385. The van der Waals surface area contributed by atoms with Crippen LogP contribution in [0, 0.1) is 17.0 Å². The molecule has 1 saturated heterocycles. The van der Waals surface area contributed by atoms with E-state index in [0.29, 0.717) is 16.9 Å². The molecule has 0 atom stereocenters. The van der Waals surface area contributed by atoms with Gasteiger partial charge in [-0.2, -0.15) is 4.31 Å². The number of carbonyl (C=O) groups is 1. The Kier molecular flexibility index (Phi) is 5.85. The van der Waals surface area contributed by atoms with E-state index >= 15 is 0 Å². The molecule has 3 rings (SSSR count). The number of sulfonamides is 1. The fourth-order valence-corrected chi connectivity index (χ4v) is 4.83. The number of nitro benzene ring substituents is 1. The number of aryl methyl sites for hydroxylation is 1. The molecule has 0 N–H and O–H groups in total. The third kappa shape index (κ3) is 4.22. The molecule has 1 heterocycles. The van der Waals surface area contributed by atoms with Crippen molar-refractivity contribution in [3.63, 3.8) is 0 Å². The van der Waals surface area contributed by atoms with Gasteiger partial charge in [0.25, 0.3) is 11.6 Å². The molecule has 29 heavy (non-hydrogen) atoms. The molecule has 0 saturated carbocycles. The summed E-state index contributed by atoms with van der Waals surface area (Å²) in [6, 6.07) is 10.5. The highest BCUT2D eigenvalue weighted by Gasteiger charge is 2.32. The van der Waals surface area contributed by atoms with Crippen molar-refractivity contribution < 1.29 is 22.9 Å². The molecule has 154 valence electrons. The van der Waals surface area contributed by atoms with Crippen LogP contribution in [-0.2, 0) is 10.0 Å². The highest BCUT2D eigenvalue weighted by atomic mass is 32.2. The first kappa shape index (κ1) is 20.7. The number of benzene rings is 2. The summed E-state index contributed by atoms with van der Waals surface area (Å²) in [5, 5.41) is 11.0. The lowest BCUT2D eigenvalue weighted by atomic mass is 10.2. The van der Waals surface area contributed by atoms with Crippen LogP contribution in [0.15, 0.2) is 47.4 Å². The van der Waals surface area contributed by atoms with Gasteiger partial charge in [0.15, 0.2) is 0 Å². The summed E-state index contributed by atoms with van der Waals surface area (Å²) < 4.78 is 32.3. The first-order valence-electron chi connectivity index (χ1n) is 8.92. The molecular formula is C19H21N3O6S. The Morgan fingerprint density at radius 3 is 2.24 bits per heavy atom. The van der Waals surface area contributed by atoms with E-state index in [9.17, 15) is 23.3 Å². The Bertz CT molecular complexity index is 1030. The normalized spacial score (nSPS) is 15.2. The summed E-state index contributed by atoms with van der Waals surface area (Å²) >= 11 is 0. The Morgan fingerprint density at radius 2 is 1.69 bits per heavy atom. The second-order valence-electron chi connectivity index (χ2n) is 6.63. The number of hydrogen-bond acceptors (Lipinski definition) is 6. The molecule has 0 unspecified atom stereocenters. The zero-order chi connectivity index (χ0) is 21.2. The van der Waals surface area contributed by atoms with Crippen molar-refractivity contribution >= 4 is 21.6 Å². The fraction of sp³-hybridized carbons (Fsp3) is 0.316. The van der Waals surface area contributed by atoms with Crippen LogP contribution in [-0.4, -0.2) is 61.7 Å². The summed E-state index contributed by atoms with van der Waals surface area (Å²) in [4.78, 5) is 24.5. The average molecular weight is 419 g/mol. The third-order valence-corrected chi connectivity index (χ3v) is 6.90. The summed E-state index contributed by atoms with van der Waals surface area (Å²) in [5.74, 6) is 0.459. The van der Waals surface area contributed by atoms with Gasteiger partial charge in [-0.25, -0.2) is 8.42 Å². The highest BCUT2D eigenvalue weighted by molar-refractivity contribution is 7.89. The Labute approximate surface area is 168 Å². The molecule has 1 fully saturated rings. The van der Waals surface area contributed by atoms with E-state index < -0.39 is 14.9 Å². The number of amides is 1. The maximum atomic E-state index is 13.0. The van der Waals surface area contributed by atoms with Gasteiger partial charge in [0, 0.05) is 43.9 Å². The number of ether oxygens (including phenoxy) is 1. The first-order chi connectivity index (χ1) is 13.7. The second kappa shape index (κ2) is 8.18. The predicted octanol–water partition coefficient (Wildman–Crippen LogP) is 2.06. The van der Waals surface area contributed by atoms with Crippen LogP contribution in [0.4, 0.5) is 5.69 Å². The number of carbonyl (C=O) groups excluding carboxylic acids is 1. The van der Waals surface area contributed by atoms with Gasteiger partial charge in [-0.05, 0) is 36.8 Å². The smallest absolute Gasteiger partial charge is 0.270 e. The Morgan fingerprint density at radius 1 is 1.07 bits per heavy atom. The van der Waals surface area contributed by atoms with Crippen molar-refractivity contribution in [1.82, 2.24) is 9.21 Å². The van der Waals surface area contributed by atoms with E-state index in [1.54, 1.807) is 43.2 Å². The van der Waals surface area contributed by atoms with Gasteiger partial charge in [0.2, 0.25) is 10.0 Å². The van der Waals surface area contributed by atoms with E-state index in [4.69, 9.17) is 4.74 Å². The number of non-ortho nitro benzene ring substituents is 1. The molecular weight excluding hydrogens is 398 g/mol. The first-order valence-corrected chi connectivity index (χ1v) is 10.4. The van der Waals surface area contributed by atoms with E-state index in [2.05, 4.69) is 0 Å². The van der Waals surface area contributed by atoms with Gasteiger partial charge in [0.05, 0.1) is 16.9 Å². The minimum absolute atomic E-state index is 0.0818. The molecule has 0 aromatic heterocycles. The van der Waals surface area contributed by atoms with E-state index in [1.165, 1.54) is 16.4 Å². The predicted molar refractivity (Wildman–Crippen MR) is 105 cm³/mol. The number of nitrogens with zero attached hydrogens (tertiary/aromatic N) is 3. The summed E-state index contributed by atoms with van der Waals surface area (Å²) in [5.41, 5.74) is 0.659. The van der Waals surface area contributed by atoms with Crippen molar-refractivity contribution in [2.75, 3.05) is 33.3 Å². The van der Waals surface area contributed by atoms with Crippen LogP contribution in [0.5, 0.6) is 5.75 Å². The molecule has 10 heteroatoms. The van der Waals surface area contributed by atoms with Crippen molar-refractivity contribution in [2.45, 2.75) is 11.8 Å². The zero-order valence-electron chi connectivity index (χ0n) is 16.1. The maximum absolute atomic E-state index is 13.0. The second-order valence-corrected chi connectivity index (χ2v) is 8.54. The largest absolute Gasteiger partial charge is 0.497 e. The molecule has 0 aliphatic carbocycles. The molecule has 1 amide bonds. The molecule has 2 aromatic rings. The standard InChI is InChI=1S/C19H21N3O6S/c1-14-3-6-16(22(24)25)13-18(14)29(26,27)21-11-9-20(10-12-21)19(23)15-4-7-17(28-2)8-5-15/h3-8,13H,9-12H2,1-2H3. The maximum Gasteiger partial charge on any atom is 0.270 e. The minimum Gasteiger partial charge on any atom is -0.497 e. The van der Waals surface area contributed by atoms with E-state index in [-0.39, 0.29) is 42.7 Å². The molecule has 0 spiro atoms. The number of methoxy groups -OCH3 is 1. The number of piperazine rings is 1. The minimum atomic E-state index is -3.90. The lowest BCUT2D eigenvalue weighted by Crippen LogP contribution is -2.50. The van der Waals surface area contributed by atoms with E-state index in [0.717, 1.165) is 6.07 Å². The molecule has 0 radical (unpaired) electrons. The summed E-state index contributed by atoms with van der Waals surface area (Å²) in [6.45, 7) is 2.30. The van der Waals surface area contributed by atoms with Crippen LogP contribution >= 0.6 is 0 Å². The SMILES string of the molecule is COc1ccc(C(=O)N2CCN(S(=O)(=O)c3cc([N+](=O)[O-])ccc3C)CC2)cc1. The zero-order valence-corrected chi connectivity index (χ0v) is 16.9. The fourth-order valence-electron chi connectivity index (χ4n) is 3.17. The Hall–Kier alpha value is -2.98. The van der Waals surface area contributed by atoms with Gasteiger partial charge in [-0.3, -0.25) is 14.9 Å². The van der Waals surface area contributed by atoms with Gasteiger partial charge in [0.1, 0.15) is 5.75 Å². The summed E-state index contributed by atoms with van der Waals surface area (Å²) in [6.07, 6.45) is 0. The van der Waals surface area contributed by atoms with Gasteiger partial charge in [-0.1, -0.05) is 6.07 Å². The quantitative estimate of drug-likeness (QED) is 0.542. The van der Waals surface area contributed by atoms with Crippen molar-refractivity contribution in [3.05, 3.63) is 63.7 Å². The molecule has 1 aliphatic heterocycles. The Balaban J connectivity index is 1.73. The lowest BCUT2D eigenvalue weighted by Gasteiger charge is -2.34. The summed E-state index contributed by atoms with van der Waals surface area (Å²) in [7, 11) is -2.36. The van der Waals surface area contributed by atoms with Crippen molar-refractivity contribution in [1.29, 1.82) is 0 Å². The van der Waals surface area contributed by atoms with Crippen molar-refractivity contribution in [2.24, 2.45) is 0 Å². The monoisotopic (exact) mass is 419 g/mol. The van der Waals surface area contributed by atoms with Crippen LogP contribution in [0.25, 0.3) is 0 Å². The average Bonchev–Trinajstić information content (AvgIpc) is 2.73. The van der Waals surface area contributed by atoms with E-state index in [1.807, 2.05) is 0 Å². The molecule has 2 aromatic carbocycles. The molecule has 0 bridgehead atoms. The van der Waals surface area contributed by atoms with Crippen LogP contribution in [0.1, 0.15) is 15.9 Å². The highest BCUT2D eigenvalue weighted by Crippen LogP contribution is 2.26. The van der Waals surface area contributed by atoms with Gasteiger partial charge in [-0.15, -0.1) is 0 Å². The third-order valence-electron chi connectivity index (χ3n) is 4.86. The number of nitro groups is 1. The van der Waals surface area contributed by atoms with Crippen molar-refractivity contribution in [3.8, 4) is 5.75 Å².